The number of amides is 1. The van der Waals surface area contributed by atoms with Gasteiger partial charge in [-0.3, -0.25) is 9.78 Å². The summed E-state index contributed by atoms with van der Waals surface area (Å²) in [5.74, 6) is 1.45. The highest BCUT2D eigenvalue weighted by Gasteiger charge is 2.28. The number of pyridine rings is 1. The van der Waals surface area contributed by atoms with E-state index in [1.54, 1.807) is 6.20 Å². The standard InChI is InChI=1S/C20H25N3O3/c1-2-12-25-17-5-7-18(8-6-17)26-15-20(24)23-11-10-22-14-19(23)16-4-3-9-21-13-16/h3-9,13,19,22H,2,10-12,14-15H2,1H3. The van der Waals surface area contributed by atoms with Crippen LogP contribution in [-0.2, 0) is 4.79 Å². The van der Waals surface area contributed by atoms with Gasteiger partial charge in [0, 0.05) is 32.0 Å². The Hall–Kier alpha value is -2.60. The molecule has 0 bridgehead atoms. The lowest BCUT2D eigenvalue weighted by Gasteiger charge is -2.36. The molecule has 1 N–H and O–H groups in total. The van der Waals surface area contributed by atoms with Crippen LogP contribution in [-0.4, -0.2) is 48.6 Å². The van der Waals surface area contributed by atoms with Gasteiger partial charge in [-0.2, -0.15) is 0 Å². The average molecular weight is 355 g/mol. The van der Waals surface area contributed by atoms with Crippen LogP contribution in [0.25, 0.3) is 0 Å². The summed E-state index contributed by atoms with van der Waals surface area (Å²) >= 11 is 0. The molecule has 6 heteroatoms. The summed E-state index contributed by atoms with van der Waals surface area (Å²) in [6.45, 7) is 4.94. The van der Waals surface area contributed by atoms with E-state index in [0.29, 0.717) is 18.9 Å². The third-order valence-corrected chi connectivity index (χ3v) is 4.29. The number of ether oxygens (including phenoxy) is 2. The number of piperazine rings is 1. The lowest BCUT2D eigenvalue weighted by atomic mass is 10.1. The molecule has 138 valence electrons. The van der Waals surface area contributed by atoms with Crippen molar-refractivity contribution in [3.63, 3.8) is 0 Å². The van der Waals surface area contributed by atoms with Crippen LogP contribution in [0, 0.1) is 0 Å². The molecule has 26 heavy (non-hydrogen) atoms. The van der Waals surface area contributed by atoms with Gasteiger partial charge in [0.15, 0.2) is 6.61 Å². The van der Waals surface area contributed by atoms with Crippen LogP contribution in [0.1, 0.15) is 24.9 Å². The van der Waals surface area contributed by atoms with Gasteiger partial charge in [-0.15, -0.1) is 0 Å². The smallest absolute Gasteiger partial charge is 0.261 e. The van der Waals surface area contributed by atoms with Crippen LogP contribution < -0.4 is 14.8 Å². The van der Waals surface area contributed by atoms with E-state index in [-0.39, 0.29) is 18.6 Å². The van der Waals surface area contributed by atoms with Crippen molar-refractivity contribution in [3.8, 4) is 11.5 Å². The molecule has 0 spiro atoms. The molecule has 1 atom stereocenters. The summed E-state index contributed by atoms with van der Waals surface area (Å²) in [5.41, 5.74) is 1.03. The number of rotatable bonds is 7. The van der Waals surface area contributed by atoms with E-state index < -0.39 is 0 Å². The fourth-order valence-electron chi connectivity index (χ4n) is 2.95. The Bertz CT molecular complexity index is 691. The third-order valence-electron chi connectivity index (χ3n) is 4.29. The molecule has 6 nitrogen and oxygen atoms in total. The molecule has 1 aliphatic heterocycles. The quantitative estimate of drug-likeness (QED) is 0.826. The van der Waals surface area contributed by atoms with Gasteiger partial charge in [-0.1, -0.05) is 13.0 Å². The SMILES string of the molecule is CCCOc1ccc(OCC(=O)N2CCNCC2c2cccnc2)cc1. The minimum Gasteiger partial charge on any atom is -0.494 e. The van der Waals surface area contributed by atoms with Crippen molar-refractivity contribution in [1.82, 2.24) is 15.2 Å². The van der Waals surface area contributed by atoms with E-state index in [2.05, 4.69) is 17.2 Å². The minimum atomic E-state index is -0.0216. The second-order valence-corrected chi connectivity index (χ2v) is 6.20. The van der Waals surface area contributed by atoms with Crippen molar-refractivity contribution in [1.29, 1.82) is 0 Å². The predicted molar refractivity (Wildman–Crippen MR) is 99.3 cm³/mol. The van der Waals surface area contributed by atoms with Crippen molar-refractivity contribution >= 4 is 5.91 Å². The Morgan fingerprint density at radius 3 is 2.69 bits per heavy atom. The number of carbonyl (C=O) groups excluding carboxylic acids is 1. The molecule has 0 radical (unpaired) electrons. The summed E-state index contributed by atoms with van der Waals surface area (Å²) in [7, 11) is 0. The van der Waals surface area contributed by atoms with Crippen molar-refractivity contribution in [2.75, 3.05) is 32.8 Å². The Labute approximate surface area is 154 Å². The summed E-state index contributed by atoms with van der Waals surface area (Å²) in [4.78, 5) is 18.7. The summed E-state index contributed by atoms with van der Waals surface area (Å²) in [6.07, 6.45) is 4.52. The van der Waals surface area contributed by atoms with Gasteiger partial charge < -0.3 is 19.7 Å². The van der Waals surface area contributed by atoms with Crippen LogP contribution in [0.2, 0.25) is 0 Å². The zero-order valence-corrected chi connectivity index (χ0v) is 15.1. The molecule has 1 fully saturated rings. The third kappa shape index (κ3) is 4.73. The lowest BCUT2D eigenvalue weighted by molar-refractivity contribution is -0.136. The number of nitrogens with one attached hydrogen (secondary N) is 1. The van der Waals surface area contributed by atoms with E-state index in [1.165, 1.54) is 0 Å². The minimum absolute atomic E-state index is 0.0154. The largest absolute Gasteiger partial charge is 0.494 e. The topological polar surface area (TPSA) is 63.7 Å². The molecule has 0 saturated carbocycles. The predicted octanol–water partition coefficient (Wildman–Crippen LogP) is 2.42. The number of hydrogen-bond acceptors (Lipinski definition) is 5. The van der Waals surface area contributed by atoms with Gasteiger partial charge in [0.1, 0.15) is 11.5 Å². The number of benzene rings is 1. The maximum atomic E-state index is 12.7. The van der Waals surface area contributed by atoms with E-state index >= 15 is 0 Å². The molecule has 1 saturated heterocycles. The van der Waals surface area contributed by atoms with Gasteiger partial charge >= 0.3 is 0 Å². The van der Waals surface area contributed by atoms with Gasteiger partial charge in [0.05, 0.1) is 12.6 Å². The summed E-state index contributed by atoms with van der Waals surface area (Å²) < 4.78 is 11.2. The Balaban J connectivity index is 1.58. The maximum Gasteiger partial charge on any atom is 0.261 e. The van der Waals surface area contributed by atoms with Crippen LogP contribution in [0.15, 0.2) is 48.8 Å². The van der Waals surface area contributed by atoms with Crippen molar-refractivity contribution in [3.05, 3.63) is 54.4 Å². The first kappa shape index (κ1) is 18.2. The molecule has 1 aromatic carbocycles. The van der Waals surface area contributed by atoms with Crippen LogP contribution in [0.4, 0.5) is 0 Å². The van der Waals surface area contributed by atoms with Gasteiger partial charge in [-0.05, 0) is 42.3 Å². The highest BCUT2D eigenvalue weighted by Crippen LogP contribution is 2.22. The second-order valence-electron chi connectivity index (χ2n) is 6.20. The Morgan fingerprint density at radius 2 is 2.00 bits per heavy atom. The van der Waals surface area contributed by atoms with E-state index in [1.807, 2.05) is 47.5 Å². The molecule has 3 rings (SSSR count). The van der Waals surface area contributed by atoms with Crippen LogP contribution in [0.5, 0.6) is 11.5 Å². The van der Waals surface area contributed by atoms with Crippen LogP contribution >= 0.6 is 0 Å². The maximum absolute atomic E-state index is 12.7. The first-order chi connectivity index (χ1) is 12.8. The van der Waals surface area contributed by atoms with E-state index in [0.717, 1.165) is 30.8 Å². The van der Waals surface area contributed by atoms with Crippen LogP contribution in [0.3, 0.4) is 0 Å². The molecule has 1 aliphatic rings. The van der Waals surface area contributed by atoms with Gasteiger partial charge in [-0.25, -0.2) is 0 Å². The molecule has 1 unspecified atom stereocenters. The second kappa shape index (κ2) is 9.20. The molecule has 2 aromatic rings. The zero-order chi connectivity index (χ0) is 18.2. The highest BCUT2D eigenvalue weighted by atomic mass is 16.5. The molecule has 1 amide bonds. The van der Waals surface area contributed by atoms with Crippen molar-refractivity contribution in [2.45, 2.75) is 19.4 Å². The number of hydrogen-bond donors (Lipinski definition) is 1. The monoisotopic (exact) mass is 355 g/mol. The zero-order valence-electron chi connectivity index (χ0n) is 15.1. The fourth-order valence-corrected chi connectivity index (χ4v) is 2.95. The van der Waals surface area contributed by atoms with Gasteiger partial charge in [0.25, 0.3) is 5.91 Å². The molecular formula is C20H25N3O3. The Morgan fingerprint density at radius 1 is 1.23 bits per heavy atom. The van der Waals surface area contributed by atoms with E-state index in [4.69, 9.17) is 9.47 Å². The first-order valence-corrected chi connectivity index (χ1v) is 9.03. The number of nitrogens with zero attached hydrogens (tertiary/aromatic N) is 2. The Kier molecular flexibility index (Phi) is 6.44. The van der Waals surface area contributed by atoms with Gasteiger partial charge in [0.2, 0.25) is 0 Å². The lowest BCUT2D eigenvalue weighted by Crippen LogP contribution is -2.50. The van der Waals surface area contributed by atoms with Crippen molar-refractivity contribution in [2.24, 2.45) is 0 Å². The summed E-state index contributed by atoms with van der Waals surface area (Å²) in [5, 5.41) is 3.34. The average Bonchev–Trinajstić information content (AvgIpc) is 2.72. The molecule has 2 heterocycles. The summed E-state index contributed by atoms with van der Waals surface area (Å²) in [6, 6.07) is 11.3. The van der Waals surface area contributed by atoms with E-state index in [9.17, 15) is 4.79 Å². The molecule has 1 aromatic heterocycles. The molecular weight excluding hydrogens is 330 g/mol. The number of carbonyl (C=O) groups is 1. The molecule has 0 aliphatic carbocycles. The van der Waals surface area contributed by atoms with Crippen molar-refractivity contribution < 1.29 is 14.3 Å². The normalized spacial score (nSPS) is 17.0. The highest BCUT2D eigenvalue weighted by molar-refractivity contribution is 5.78. The fraction of sp³-hybridized carbons (Fsp3) is 0.400. The first-order valence-electron chi connectivity index (χ1n) is 9.03. The number of aromatic nitrogens is 1.